The average Bonchev–Trinajstić information content (AvgIpc) is 3.14. The fourth-order valence-electron chi connectivity index (χ4n) is 4.59. The quantitative estimate of drug-likeness (QED) is 0.472. The van der Waals surface area contributed by atoms with E-state index in [9.17, 15) is 4.79 Å². The van der Waals surface area contributed by atoms with Gasteiger partial charge in [0.15, 0.2) is 0 Å². The molecule has 0 radical (unpaired) electrons. The molecule has 2 aromatic carbocycles. The van der Waals surface area contributed by atoms with Crippen LogP contribution >= 0.6 is 0 Å². The normalized spacial score (nSPS) is 19.8. The van der Waals surface area contributed by atoms with Gasteiger partial charge < -0.3 is 24.3 Å². The molecule has 1 aliphatic heterocycles. The fraction of sp³-hybridized carbons (Fsp3) is 0.400. The molecule has 31 heavy (non-hydrogen) atoms. The van der Waals surface area contributed by atoms with E-state index in [1.807, 2.05) is 55.5 Å². The molecule has 1 fully saturated rings. The first-order valence-corrected chi connectivity index (χ1v) is 11.1. The Labute approximate surface area is 183 Å². The molecule has 3 aromatic rings. The average molecular weight is 424 g/mol. The number of aryl methyl sites for hydroxylation is 1. The zero-order valence-electron chi connectivity index (χ0n) is 18.7. The van der Waals surface area contributed by atoms with E-state index in [-0.39, 0.29) is 11.8 Å². The van der Waals surface area contributed by atoms with Gasteiger partial charge in [-0.3, -0.25) is 4.79 Å². The highest BCUT2D eigenvalue weighted by Gasteiger charge is 2.33. The lowest BCUT2D eigenvalue weighted by Gasteiger charge is -2.32. The van der Waals surface area contributed by atoms with Crippen LogP contribution in [0.3, 0.4) is 0 Å². The molecular formula is C25H33N3O3+2. The van der Waals surface area contributed by atoms with E-state index in [4.69, 9.17) is 9.47 Å². The number of aromatic nitrogens is 1. The van der Waals surface area contributed by atoms with Crippen molar-refractivity contribution in [1.29, 1.82) is 0 Å². The van der Waals surface area contributed by atoms with Crippen LogP contribution in [0.2, 0.25) is 0 Å². The van der Waals surface area contributed by atoms with E-state index < -0.39 is 0 Å². The van der Waals surface area contributed by atoms with Gasteiger partial charge in [0, 0.05) is 16.6 Å². The SMILES string of the molecule is COc1ccc(OCC[NH+]2CC[NH+]([C@@H](C)C(=O)c3c(C)[nH]c4ccccc34)CC2)cc1. The number of carbonyl (C=O) groups excluding carboxylic acids is 1. The molecule has 1 aromatic heterocycles. The third-order valence-electron chi connectivity index (χ3n) is 6.53. The van der Waals surface area contributed by atoms with Gasteiger partial charge in [-0.25, -0.2) is 0 Å². The van der Waals surface area contributed by atoms with Gasteiger partial charge in [-0.1, -0.05) is 18.2 Å². The van der Waals surface area contributed by atoms with Crippen LogP contribution < -0.4 is 19.3 Å². The van der Waals surface area contributed by atoms with Crippen molar-refractivity contribution in [3.63, 3.8) is 0 Å². The number of rotatable bonds is 8. The van der Waals surface area contributed by atoms with Crippen LogP contribution in [0.1, 0.15) is 23.0 Å². The van der Waals surface area contributed by atoms with E-state index in [0.29, 0.717) is 6.61 Å². The van der Waals surface area contributed by atoms with E-state index in [1.54, 1.807) is 12.0 Å². The van der Waals surface area contributed by atoms with Gasteiger partial charge in [0.25, 0.3) is 0 Å². The predicted octanol–water partition coefficient (Wildman–Crippen LogP) is 0.919. The monoisotopic (exact) mass is 423 g/mol. The highest BCUT2D eigenvalue weighted by Crippen LogP contribution is 2.22. The maximum atomic E-state index is 13.3. The summed E-state index contributed by atoms with van der Waals surface area (Å²) in [6.45, 7) is 9.88. The standard InChI is InChI=1S/C25H31N3O3/c1-18-24(22-6-4-5-7-23(22)26-18)25(29)19(2)28-14-12-27(13-15-28)16-17-31-21-10-8-20(30-3)9-11-21/h4-11,19,26H,12-17H2,1-3H3/p+2/t19-/m0/s1. The van der Waals surface area contributed by atoms with Crippen molar-refractivity contribution in [2.45, 2.75) is 19.9 Å². The summed E-state index contributed by atoms with van der Waals surface area (Å²) in [5.41, 5.74) is 2.87. The number of carbonyl (C=O) groups is 1. The summed E-state index contributed by atoms with van der Waals surface area (Å²) >= 11 is 0. The topological polar surface area (TPSA) is 60.2 Å². The second-order valence-electron chi connectivity index (χ2n) is 8.44. The zero-order chi connectivity index (χ0) is 21.8. The summed E-state index contributed by atoms with van der Waals surface area (Å²) in [5, 5.41) is 1.04. The zero-order valence-corrected chi connectivity index (χ0v) is 18.7. The van der Waals surface area contributed by atoms with Gasteiger partial charge in [-0.05, 0) is 44.2 Å². The molecule has 6 nitrogen and oxygen atoms in total. The molecule has 164 valence electrons. The Morgan fingerprint density at radius 2 is 1.71 bits per heavy atom. The van der Waals surface area contributed by atoms with Gasteiger partial charge in [-0.15, -0.1) is 0 Å². The van der Waals surface area contributed by atoms with E-state index in [0.717, 1.165) is 66.4 Å². The van der Waals surface area contributed by atoms with Gasteiger partial charge in [-0.2, -0.15) is 0 Å². The Morgan fingerprint density at radius 1 is 1.03 bits per heavy atom. The number of hydrogen-bond donors (Lipinski definition) is 3. The Hall–Kier alpha value is -2.83. The molecule has 2 heterocycles. The predicted molar refractivity (Wildman–Crippen MR) is 122 cm³/mol. The van der Waals surface area contributed by atoms with Gasteiger partial charge in [0.1, 0.15) is 56.9 Å². The Bertz CT molecular complexity index is 1020. The first-order valence-electron chi connectivity index (χ1n) is 11.1. The molecule has 0 saturated carbocycles. The number of para-hydroxylation sites is 1. The molecule has 0 unspecified atom stereocenters. The molecule has 1 atom stereocenters. The van der Waals surface area contributed by atoms with Crippen LogP contribution in [-0.4, -0.2) is 63.2 Å². The number of hydrogen-bond acceptors (Lipinski definition) is 3. The Morgan fingerprint density at radius 3 is 2.42 bits per heavy atom. The smallest absolute Gasteiger partial charge is 0.222 e. The summed E-state index contributed by atoms with van der Waals surface area (Å²) in [5.74, 6) is 1.96. The minimum absolute atomic E-state index is 0.0324. The highest BCUT2D eigenvalue weighted by molar-refractivity contribution is 6.10. The number of H-pyrrole nitrogens is 1. The minimum Gasteiger partial charge on any atom is -0.497 e. The Kier molecular flexibility index (Phi) is 6.59. The number of quaternary nitrogens is 2. The number of benzene rings is 2. The van der Waals surface area contributed by atoms with Crippen molar-refractivity contribution in [3.05, 3.63) is 59.8 Å². The van der Waals surface area contributed by atoms with Crippen LogP contribution in [0, 0.1) is 6.92 Å². The number of nitrogens with one attached hydrogen (secondary N) is 3. The molecule has 6 heteroatoms. The molecule has 0 amide bonds. The fourth-order valence-corrected chi connectivity index (χ4v) is 4.59. The molecule has 0 aliphatic carbocycles. The summed E-state index contributed by atoms with van der Waals surface area (Å²) in [6.07, 6.45) is 0. The van der Waals surface area contributed by atoms with Crippen molar-refractivity contribution in [2.24, 2.45) is 0 Å². The van der Waals surface area contributed by atoms with Gasteiger partial charge >= 0.3 is 0 Å². The number of ketones is 1. The summed E-state index contributed by atoms with van der Waals surface area (Å²) in [4.78, 5) is 19.6. The largest absolute Gasteiger partial charge is 0.497 e. The lowest BCUT2D eigenvalue weighted by molar-refractivity contribution is -1.02. The first kappa shape index (κ1) is 21.4. The molecular weight excluding hydrogens is 390 g/mol. The third kappa shape index (κ3) is 4.75. The second-order valence-corrected chi connectivity index (χ2v) is 8.44. The van der Waals surface area contributed by atoms with Crippen molar-refractivity contribution < 1.29 is 24.1 Å². The van der Waals surface area contributed by atoms with Gasteiger partial charge in [0.05, 0.1) is 12.7 Å². The lowest BCUT2D eigenvalue weighted by Crippen LogP contribution is -3.30. The summed E-state index contributed by atoms with van der Waals surface area (Å²) in [7, 11) is 1.66. The van der Waals surface area contributed by atoms with Crippen molar-refractivity contribution in [1.82, 2.24) is 4.98 Å². The Balaban J connectivity index is 1.28. The lowest BCUT2D eigenvalue weighted by atomic mass is 10.0. The molecule has 3 N–H and O–H groups in total. The minimum atomic E-state index is -0.0324. The highest BCUT2D eigenvalue weighted by atomic mass is 16.5. The number of methoxy groups -OCH3 is 1. The number of fused-ring (bicyclic) bond motifs is 1. The van der Waals surface area contributed by atoms with Crippen LogP contribution in [-0.2, 0) is 0 Å². The first-order chi connectivity index (χ1) is 15.1. The molecule has 1 saturated heterocycles. The van der Waals surface area contributed by atoms with E-state index >= 15 is 0 Å². The van der Waals surface area contributed by atoms with Crippen molar-refractivity contribution in [2.75, 3.05) is 46.4 Å². The maximum absolute atomic E-state index is 13.3. The number of aromatic amines is 1. The summed E-state index contributed by atoms with van der Waals surface area (Å²) in [6, 6.07) is 15.8. The van der Waals surface area contributed by atoms with Crippen LogP contribution in [0.15, 0.2) is 48.5 Å². The summed E-state index contributed by atoms with van der Waals surface area (Å²) < 4.78 is 11.1. The second kappa shape index (κ2) is 9.54. The molecule has 0 bridgehead atoms. The number of piperazine rings is 1. The number of ether oxygens (including phenoxy) is 2. The molecule has 1 aliphatic rings. The van der Waals surface area contributed by atoms with Crippen LogP contribution in [0.25, 0.3) is 10.9 Å². The van der Waals surface area contributed by atoms with E-state index in [2.05, 4.69) is 11.9 Å². The third-order valence-corrected chi connectivity index (χ3v) is 6.53. The number of Topliss-reactive ketones (excluding diaryl/α,β-unsaturated/α-hetero) is 1. The van der Waals surface area contributed by atoms with Crippen molar-refractivity contribution >= 4 is 16.7 Å². The molecule has 4 rings (SSSR count). The van der Waals surface area contributed by atoms with Crippen molar-refractivity contribution in [3.8, 4) is 11.5 Å². The van der Waals surface area contributed by atoms with Crippen LogP contribution in [0.5, 0.6) is 11.5 Å². The molecule has 0 spiro atoms. The van der Waals surface area contributed by atoms with E-state index in [1.165, 1.54) is 4.90 Å². The maximum Gasteiger partial charge on any atom is 0.222 e. The van der Waals surface area contributed by atoms with Crippen LogP contribution in [0.4, 0.5) is 0 Å². The van der Waals surface area contributed by atoms with Gasteiger partial charge in [0.2, 0.25) is 5.78 Å².